The second-order valence-corrected chi connectivity index (χ2v) is 5.89. The molecule has 0 aliphatic carbocycles. The maximum atomic E-state index is 5.96. The lowest BCUT2D eigenvalue weighted by molar-refractivity contribution is 1.44. The maximum absolute atomic E-state index is 5.96. The molecule has 0 bridgehead atoms. The van der Waals surface area contributed by atoms with Gasteiger partial charge in [0.2, 0.25) is 0 Å². The molecule has 0 saturated carbocycles. The first-order valence-electron chi connectivity index (χ1n) is 4.37. The second-order valence-electron chi connectivity index (χ2n) is 3.24. The summed E-state index contributed by atoms with van der Waals surface area (Å²) in [5.74, 6) is 0. The Hall–Kier alpha value is 0.440. The van der Waals surface area contributed by atoms with E-state index in [2.05, 4.69) is 0 Å². The largest absolute Gasteiger partial charge is 0.126 e. The lowest BCUT2D eigenvalue weighted by Gasteiger charge is -2.07. The van der Waals surface area contributed by atoms with Crippen molar-refractivity contribution in [3.8, 4) is 0 Å². The van der Waals surface area contributed by atoms with Gasteiger partial charge in [-0.25, -0.2) is 0 Å². The van der Waals surface area contributed by atoms with Crippen molar-refractivity contribution in [3.63, 3.8) is 0 Å². The predicted octanol–water partition coefficient (Wildman–Crippen LogP) is 6.68. The van der Waals surface area contributed by atoms with Crippen LogP contribution in [0.5, 0.6) is 0 Å². The monoisotopic (exact) mass is 348 g/mol. The van der Waals surface area contributed by atoms with Crippen LogP contribution in [0.25, 0.3) is 10.1 Å². The quantitative estimate of drug-likeness (QED) is 0.558. The van der Waals surface area contributed by atoms with Crippen LogP contribution >= 0.6 is 69.6 Å². The Morgan fingerprint density at radius 1 is 0.706 bits per heavy atom. The number of aryl methyl sites for hydroxylation is 1. The third-order valence-corrected chi connectivity index (χ3v) is 3.87. The van der Waals surface area contributed by atoms with Crippen LogP contribution < -0.4 is 0 Å². The zero-order valence-electron chi connectivity index (χ0n) is 8.50. The molecule has 0 aromatic heterocycles. The second kappa shape index (κ2) is 6.56. The third-order valence-electron chi connectivity index (χ3n) is 1.92. The summed E-state index contributed by atoms with van der Waals surface area (Å²) in [6.45, 7) is 1.88. The molecule has 1 rings (SSSR count). The van der Waals surface area contributed by atoms with Crippen molar-refractivity contribution >= 4 is 79.7 Å². The van der Waals surface area contributed by atoms with Gasteiger partial charge in [-0.1, -0.05) is 81.7 Å². The lowest BCUT2D eigenvalue weighted by atomic mass is 10.1. The topological polar surface area (TPSA) is 0 Å². The summed E-state index contributed by atoms with van der Waals surface area (Å²) < 4.78 is -0.0272. The molecule has 0 amide bonds. The SMILES string of the molecule is Cc1cc(C(Cl)=C(Cl)Cl)cc(C(Cl)=C(Cl)Cl)c1. The van der Waals surface area contributed by atoms with Gasteiger partial charge in [0.05, 0.1) is 10.1 Å². The van der Waals surface area contributed by atoms with E-state index in [1.54, 1.807) is 6.07 Å². The van der Waals surface area contributed by atoms with Crippen molar-refractivity contribution in [1.82, 2.24) is 0 Å². The molecule has 0 nitrogen and oxygen atoms in total. The standard InChI is InChI=1S/C11H6Cl6/c1-5-2-6(8(12)10(14)15)4-7(3-5)9(13)11(16)17/h2-4H,1H3. The van der Waals surface area contributed by atoms with Gasteiger partial charge in [-0.3, -0.25) is 0 Å². The molecule has 0 atom stereocenters. The predicted molar refractivity (Wildman–Crippen MR) is 80.1 cm³/mol. The summed E-state index contributed by atoms with van der Waals surface area (Å²) in [5, 5.41) is 0.488. The lowest BCUT2D eigenvalue weighted by Crippen LogP contribution is -1.86. The first kappa shape index (κ1) is 15.5. The van der Waals surface area contributed by atoms with Crippen molar-refractivity contribution < 1.29 is 0 Å². The zero-order chi connectivity index (χ0) is 13.2. The molecule has 0 aliphatic heterocycles. The van der Waals surface area contributed by atoms with E-state index in [-0.39, 0.29) is 19.0 Å². The average molecular weight is 351 g/mol. The van der Waals surface area contributed by atoms with Crippen molar-refractivity contribution in [3.05, 3.63) is 43.9 Å². The van der Waals surface area contributed by atoms with Crippen molar-refractivity contribution in [2.45, 2.75) is 6.92 Å². The fraction of sp³-hybridized carbons (Fsp3) is 0.0909. The van der Waals surface area contributed by atoms with Gasteiger partial charge >= 0.3 is 0 Å². The van der Waals surface area contributed by atoms with Crippen LogP contribution in [0.3, 0.4) is 0 Å². The van der Waals surface area contributed by atoms with Crippen LogP contribution in [0.1, 0.15) is 16.7 Å². The molecule has 92 valence electrons. The van der Waals surface area contributed by atoms with Gasteiger partial charge in [0.15, 0.2) is 0 Å². The number of benzene rings is 1. The van der Waals surface area contributed by atoms with Gasteiger partial charge in [-0.15, -0.1) is 0 Å². The minimum atomic E-state index is -0.0136. The molecule has 1 aromatic rings. The number of halogens is 6. The highest BCUT2D eigenvalue weighted by molar-refractivity contribution is 6.67. The first-order valence-corrected chi connectivity index (χ1v) is 6.63. The normalized spacial score (nSPS) is 10.1. The first-order chi connectivity index (χ1) is 7.82. The Balaban J connectivity index is 3.40. The van der Waals surface area contributed by atoms with Gasteiger partial charge in [-0.2, -0.15) is 0 Å². The van der Waals surface area contributed by atoms with E-state index in [1.807, 2.05) is 19.1 Å². The highest BCUT2D eigenvalue weighted by atomic mass is 35.5. The van der Waals surface area contributed by atoms with Crippen LogP contribution in [-0.4, -0.2) is 0 Å². The van der Waals surface area contributed by atoms with Gasteiger partial charge in [-0.05, 0) is 29.7 Å². The minimum Gasteiger partial charge on any atom is -0.0811 e. The highest BCUT2D eigenvalue weighted by Crippen LogP contribution is 2.33. The van der Waals surface area contributed by atoms with Gasteiger partial charge < -0.3 is 0 Å². The van der Waals surface area contributed by atoms with E-state index < -0.39 is 0 Å². The molecule has 1 aromatic carbocycles. The maximum Gasteiger partial charge on any atom is 0.126 e. The van der Waals surface area contributed by atoms with Crippen molar-refractivity contribution in [2.24, 2.45) is 0 Å². The fourth-order valence-corrected chi connectivity index (χ4v) is 1.91. The summed E-state index contributed by atoms with van der Waals surface area (Å²) in [5.41, 5.74) is 2.22. The molecular weight excluding hydrogens is 345 g/mol. The molecule has 0 spiro atoms. The summed E-state index contributed by atoms with van der Waals surface area (Å²) in [7, 11) is 0. The molecule has 17 heavy (non-hydrogen) atoms. The molecule has 0 saturated heterocycles. The van der Waals surface area contributed by atoms with Gasteiger partial charge in [0.1, 0.15) is 8.98 Å². The average Bonchev–Trinajstić information content (AvgIpc) is 2.25. The van der Waals surface area contributed by atoms with E-state index in [1.165, 1.54) is 0 Å². The van der Waals surface area contributed by atoms with E-state index in [0.29, 0.717) is 11.1 Å². The Labute approximate surface area is 130 Å². The van der Waals surface area contributed by atoms with Crippen LogP contribution in [0.15, 0.2) is 27.2 Å². The molecule has 0 aliphatic rings. The van der Waals surface area contributed by atoms with E-state index in [4.69, 9.17) is 69.6 Å². The Kier molecular flexibility index (Phi) is 5.98. The Bertz CT molecular complexity index is 450. The van der Waals surface area contributed by atoms with E-state index in [0.717, 1.165) is 5.56 Å². The van der Waals surface area contributed by atoms with Crippen LogP contribution in [0.2, 0.25) is 0 Å². The van der Waals surface area contributed by atoms with E-state index >= 15 is 0 Å². The fourth-order valence-electron chi connectivity index (χ4n) is 1.25. The smallest absolute Gasteiger partial charge is 0.0811 e. The Morgan fingerprint density at radius 2 is 1.06 bits per heavy atom. The molecule has 0 heterocycles. The van der Waals surface area contributed by atoms with E-state index in [9.17, 15) is 0 Å². The third kappa shape index (κ3) is 4.24. The molecular formula is C11H6Cl6. The van der Waals surface area contributed by atoms with Crippen LogP contribution in [-0.2, 0) is 0 Å². The highest BCUT2D eigenvalue weighted by Gasteiger charge is 2.09. The van der Waals surface area contributed by atoms with Gasteiger partial charge in [0, 0.05) is 0 Å². The molecule has 0 fully saturated rings. The van der Waals surface area contributed by atoms with Crippen molar-refractivity contribution in [2.75, 3.05) is 0 Å². The van der Waals surface area contributed by atoms with Crippen LogP contribution in [0.4, 0.5) is 0 Å². The number of rotatable bonds is 2. The summed E-state index contributed by atoms with van der Waals surface area (Å²) in [6, 6.07) is 5.35. The zero-order valence-corrected chi connectivity index (χ0v) is 13.0. The van der Waals surface area contributed by atoms with Crippen molar-refractivity contribution in [1.29, 1.82) is 0 Å². The minimum absolute atomic E-state index is 0.0136. The number of hydrogen-bond acceptors (Lipinski definition) is 0. The summed E-state index contributed by atoms with van der Waals surface area (Å²) in [4.78, 5) is 0. The van der Waals surface area contributed by atoms with Crippen LogP contribution in [0, 0.1) is 6.92 Å². The molecule has 0 radical (unpaired) electrons. The molecule has 0 N–H and O–H groups in total. The summed E-state index contributed by atoms with van der Waals surface area (Å²) in [6.07, 6.45) is 0. The van der Waals surface area contributed by atoms with Gasteiger partial charge in [0.25, 0.3) is 0 Å². The molecule has 0 unspecified atom stereocenters. The number of hydrogen-bond donors (Lipinski definition) is 0. The molecule has 6 heteroatoms. The summed E-state index contributed by atoms with van der Waals surface area (Å²) >= 11 is 34.4. The Morgan fingerprint density at radius 3 is 1.35 bits per heavy atom.